The van der Waals surface area contributed by atoms with Crippen molar-refractivity contribution in [3.63, 3.8) is 0 Å². The van der Waals surface area contributed by atoms with Gasteiger partial charge in [0.15, 0.2) is 6.29 Å². The Morgan fingerprint density at radius 2 is 1.53 bits per heavy atom. The van der Waals surface area contributed by atoms with Crippen molar-refractivity contribution in [3.05, 3.63) is 48.0 Å². The summed E-state index contributed by atoms with van der Waals surface area (Å²) < 4.78 is 40.2. The highest BCUT2D eigenvalue weighted by molar-refractivity contribution is 7.86. The number of rotatable bonds is 16. The van der Waals surface area contributed by atoms with Gasteiger partial charge in [-0.1, -0.05) is 114 Å². The van der Waals surface area contributed by atoms with Crippen molar-refractivity contribution in [2.24, 2.45) is 0 Å². The number of unbranched alkanes of at least 4 members (excludes halogenated alkanes) is 11. The highest BCUT2D eigenvalue weighted by Gasteiger charge is 2.34. The Bertz CT molecular complexity index is 732. The Balaban J connectivity index is 1.68. The number of hydrogen-bond acceptors (Lipinski definition) is 5. The van der Waals surface area contributed by atoms with Crippen molar-refractivity contribution < 1.29 is 22.1 Å². The van der Waals surface area contributed by atoms with Gasteiger partial charge in [0.25, 0.3) is 10.1 Å². The van der Waals surface area contributed by atoms with Gasteiger partial charge in [-0.2, -0.15) is 8.42 Å². The molecule has 1 aromatic carbocycles. The zero-order valence-electron chi connectivity index (χ0n) is 19.9. The van der Waals surface area contributed by atoms with Gasteiger partial charge >= 0.3 is 0 Å². The summed E-state index contributed by atoms with van der Waals surface area (Å²) in [6, 6.07) is 9.67. The van der Waals surface area contributed by atoms with Gasteiger partial charge in [-0.05, 0) is 12.8 Å². The number of ether oxygens (including phenoxy) is 2. The highest BCUT2D eigenvalue weighted by Crippen LogP contribution is 2.29. The monoisotopic (exact) mass is 466 g/mol. The van der Waals surface area contributed by atoms with Crippen molar-refractivity contribution in [3.8, 4) is 0 Å². The first-order valence-corrected chi connectivity index (χ1v) is 14.2. The van der Waals surface area contributed by atoms with Crippen molar-refractivity contribution in [1.82, 2.24) is 0 Å². The summed E-state index contributed by atoms with van der Waals surface area (Å²) in [7, 11) is -3.59. The van der Waals surface area contributed by atoms with Crippen LogP contribution in [0.5, 0.6) is 0 Å². The maximum atomic E-state index is 11.6. The van der Waals surface area contributed by atoms with Gasteiger partial charge in [0.1, 0.15) is 12.2 Å². The second-order valence-corrected chi connectivity index (χ2v) is 10.4. The number of allylic oxidation sites excluding steroid dienone is 1. The molecule has 3 atom stereocenters. The quantitative estimate of drug-likeness (QED) is 0.154. The number of hydrogen-bond donors (Lipinski definition) is 0. The van der Waals surface area contributed by atoms with Gasteiger partial charge in [0.05, 0.1) is 12.9 Å². The first kappa shape index (κ1) is 27.0. The van der Waals surface area contributed by atoms with Crippen molar-refractivity contribution in [2.45, 2.75) is 102 Å². The molecule has 1 aliphatic heterocycles. The Morgan fingerprint density at radius 3 is 2.12 bits per heavy atom. The average molecular weight is 467 g/mol. The fourth-order valence-corrected chi connectivity index (χ4v) is 4.58. The molecule has 32 heavy (non-hydrogen) atoms. The third-order valence-corrected chi connectivity index (χ3v) is 6.33. The van der Waals surface area contributed by atoms with Gasteiger partial charge in [-0.3, -0.25) is 4.18 Å². The van der Waals surface area contributed by atoms with Gasteiger partial charge in [0, 0.05) is 5.56 Å². The van der Waals surface area contributed by atoms with Crippen LogP contribution in [0.15, 0.2) is 42.5 Å². The SMILES string of the molecule is CCCCCCCCCCCCCC=C[C@@H]1OC(c2ccccc2)OC[C@H]1OS(C)(=O)=O. The largest absolute Gasteiger partial charge is 0.345 e. The maximum absolute atomic E-state index is 11.6. The Hall–Kier alpha value is -1.21. The van der Waals surface area contributed by atoms with Gasteiger partial charge in [-0.15, -0.1) is 0 Å². The molecule has 0 bridgehead atoms. The van der Waals surface area contributed by atoms with E-state index in [1.165, 1.54) is 64.2 Å². The van der Waals surface area contributed by atoms with E-state index in [0.29, 0.717) is 0 Å². The van der Waals surface area contributed by atoms with Crippen LogP contribution in [0.1, 0.15) is 95.8 Å². The zero-order valence-corrected chi connectivity index (χ0v) is 20.7. The van der Waals surface area contributed by atoms with Crippen LogP contribution in [-0.2, 0) is 23.8 Å². The van der Waals surface area contributed by atoms with Gasteiger partial charge < -0.3 is 9.47 Å². The summed E-state index contributed by atoms with van der Waals surface area (Å²) in [5.41, 5.74) is 0.911. The summed E-state index contributed by atoms with van der Waals surface area (Å²) in [6.07, 6.45) is 18.9. The summed E-state index contributed by atoms with van der Waals surface area (Å²) in [4.78, 5) is 0. The third kappa shape index (κ3) is 11.6. The smallest absolute Gasteiger partial charge is 0.264 e. The van der Waals surface area contributed by atoms with Crippen LogP contribution >= 0.6 is 0 Å². The first-order chi connectivity index (χ1) is 15.5. The average Bonchev–Trinajstić information content (AvgIpc) is 2.77. The molecule has 1 unspecified atom stereocenters. The van der Waals surface area contributed by atoms with Crippen LogP contribution in [0.25, 0.3) is 0 Å². The Kier molecular flexibility index (Phi) is 13.2. The second-order valence-electron chi connectivity index (χ2n) is 8.77. The number of benzene rings is 1. The molecule has 0 saturated carbocycles. The molecule has 2 rings (SSSR count). The summed E-state index contributed by atoms with van der Waals surface area (Å²) in [5, 5.41) is 0. The van der Waals surface area contributed by atoms with E-state index >= 15 is 0 Å². The van der Waals surface area contributed by atoms with Crippen LogP contribution in [0.3, 0.4) is 0 Å². The molecule has 5 nitrogen and oxygen atoms in total. The molecule has 0 aromatic heterocycles. The molecule has 0 radical (unpaired) electrons. The molecule has 1 saturated heterocycles. The highest BCUT2D eigenvalue weighted by atomic mass is 32.2. The molecule has 0 amide bonds. The lowest BCUT2D eigenvalue weighted by Crippen LogP contribution is -2.42. The lowest BCUT2D eigenvalue weighted by molar-refractivity contribution is -0.238. The fraction of sp³-hybridized carbons (Fsp3) is 0.692. The maximum Gasteiger partial charge on any atom is 0.264 e. The third-order valence-electron chi connectivity index (χ3n) is 5.73. The van der Waals surface area contributed by atoms with Crippen molar-refractivity contribution >= 4 is 10.1 Å². The Morgan fingerprint density at radius 1 is 0.938 bits per heavy atom. The van der Waals surface area contributed by atoms with E-state index in [-0.39, 0.29) is 6.61 Å². The van der Waals surface area contributed by atoms with E-state index in [1.54, 1.807) is 0 Å². The molecule has 0 aliphatic carbocycles. The molecule has 1 heterocycles. The lowest BCUT2D eigenvalue weighted by atomic mass is 10.0. The standard InChI is InChI=1S/C26H42O5S/c1-3-4-5-6-7-8-9-10-11-12-13-14-18-21-24-25(31-32(2,27)28)22-29-26(30-24)23-19-16-15-17-20-23/h15-21,24-26H,3-14,22H2,1-2H3/t24-,25+,26?/m0/s1. The summed E-state index contributed by atoms with van der Waals surface area (Å²) in [5.74, 6) is 0. The fourth-order valence-electron chi connectivity index (χ4n) is 3.96. The molecule has 6 heteroatoms. The van der Waals surface area contributed by atoms with E-state index in [2.05, 4.69) is 13.0 Å². The minimum absolute atomic E-state index is 0.167. The van der Waals surface area contributed by atoms with E-state index in [0.717, 1.165) is 24.7 Å². The minimum Gasteiger partial charge on any atom is -0.345 e. The molecule has 1 aliphatic rings. The summed E-state index contributed by atoms with van der Waals surface area (Å²) in [6.45, 7) is 2.43. The first-order valence-electron chi connectivity index (χ1n) is 12.4. The summed E-state index contributed by atoms with van der Waals surface area (Å²) >= 11 is 0. The second kappa shape index (κ2) is 15.6. The van der Waals surface area contributed by atoms with E-state index < -0.39 is 28.6 Å². The minimum atomic E-state index is -3.59. The molecular weight excluding hydrogens is 424 g/mol. The van der Waals surface area contributed by atoms with Crippen LogP contribution in [0.2, 0.25) is 0 Å². The van der Waals surface area contributed by atoms with Gasteiger partial charge in [0.2, 0.25) is 0 Å². The topological polar surface area (TPSA) is 61.8 Å². The lowest BCUT2D eigenvalue weighted by Gasteiger charge is -2.34. The van der Waals surface area contributed by atoms with Crippen LogP contribution < -0.4 is 0 Å². The normalized spacial score (nSPS) is 21.9. The zero-order chi connectivity index (χ0) is 23.1. The van der Waals surface area contributed by atoms with E-state index in [9.17, 15) is 8.42 Å². The molecule has 182 valence electrons. The van der Waals surface area contributed by atoms with Crippen LogP contribution in [0.4, 0.5) is 0 Å². The van der Waals surface area contributed by atoms with E-state index in [4.69, 9.17) is 13.7 Å². The van der Waals surface area contributed by atoms with E-state index in [1.807, 2.05) is 36.4 Å². The Labute approximate surface area is 195 Å². The predicted octanol–water partition coefficient (Wildman–Crippen LogP) is 6.70. The molecule has 0 N–H and O–H groups in total. The van der Waals surface area contributed by atoms with Gasteiger partial charge in [-0.25, -0.2) is 0 Å². The van der Waals surface area contributed by atoms with Crippen LogP contribution in [0, 0.1) is 0 Å². The molecular formula is C26H42O5S. The van der Waals surface area contributed by atoms with Crippen molar-refractivity contribution in [1.29, 1.82) is 0 Å². The van der Waals surface area contributed by atoms with Crippen molar-refractivity contribution in [2.75, 3.05) is 12.9 Å². The van der Waals surface area contributed by atoms with Crippen LogP contribution in [-0.4, -0.2) is 33.5 Å². The molecule has 0 spiro atoms. The predicted molar refractivity (Wildman–Crippen MR) is 130 cm³/mol. The molecule has 1 aromatic rings. The molecule has 1 fully saturated rings.